The number of hydrazone groups is 1. The summed E-state index contributed by atoms with van der Waals surface area (Å²) in [6.07, 6.45) is 0.334. The Bertz CT molecular complexity index is 1700. The third kappa shape index (κ3) is 9.47. The predicted molar refractivity (Wildman–Crippen MR) is 185 cm³/mol. The zero-order chi connectivity index (χ0) is 34.8. The van der Waals surface area contributed by atoms with Crippen LogP contribution in [0.15, 0.2) is 69.4 Å². The van der Waals surface area contributed by atoms with E-state index in [4.69, 9.17) is 46.9 Å². The number of aliphatic hydroxyl groups excluding tert-OH is 1. The van der Waals surface area contributed by atoms with E-state index >= 15 is 0 Å². The first-order chi connectivity index (χ1) is 23.0. The van der Waals surface area contributed by atoms with Crippen LogP contribution in [0.4, 0.5) is 4.79 Å². The van der Waals surface area contributed by atoms with Crippen molar-refractivity contribution in [3.63, 3.8) is 0 Å². The van der Waals surface area contributed by atoms with Gasteiger partial charge in [-0.25, -0.2) is 9.59 Å². The first-order valence-electron chi connectivity index (χ1n) is 14.8. The first kappa shape index (κ1) is 36.7. The zero-order valence-corrected chi connectivity index (χ0v) is 29.7. The molecule has 4 N–H and O–H groups in total. The third-order valence-corrected chi connectivity index (χ3v) is 8.14. The molecule has 1 heterocycles. The Morgan fingerprint density at radius 2 is 1.77 bits per heavy atom. The largest absolute Gasteiger partial charge is 0.490 e. The van der Waals surface area contributed by atoms with Gasteiger partial charge in [-0.05, 0) is 89.8 Å². The number of urea groups is 1. The molecule has 4 rings (SSSR count). The Labute approximate surface area is 296 Å². The summed E-state index contributed by atoms with van der Waals surface area (Å²) in [5.41, 5.74) is 5.36. The standard InChI is InChI=1S/C33H35BrCl2N4O8/c1-5-45-26-14-21(30-29(32(42)44-4)18(3)38-33(43)39-30)8-10-25(26)47-17-28(41)40-37-15-20-11-22(34)31(27(13-20)46-6-2)48-16-19-7-9-23(35)24(36)12-19/h7-15,28,30,40-41H,5-6,16-17H2,1-4H3,(H2,38,39,43)/b37-15+/t28-,30-/m0/s1. The lowest BCUT2D eigenvalue weighted by atomic mass is 9.95. The molecule has 0 bridgehead atoms. The van der Waals surface area contributed by atoms with Gasteiger partial charge in [0.1, 0.15) is 13.2 Å². The highest BCUT2D eigenvalue weighted by molar-refractivity contribution is 9.10. The van der Waals surface area contributed by atoms with Crippen molar-refractivity contribution >= 4 is 57.3 Å². The van der Waals surface area contributed by atoms with Crippen LogP contribution in [0, 0.1) is 0 Å². The van der Waals surface area contributed by atoms with Crippen LogP contribution < -0.4 is 35.0 Å². The molecule has 0 aromatic heterocycles. The molecule has 0 aliphatic carbocycles. The van der Waals surface area contributed by atoms with Gasteiger partial charge in [-0.2, -0.15) is 5.10 Å². The molecule has 1 aliphatic rings. The Kier molecular flexibility index (Phi) is 13.2. The SMILES string of the molecule is CCOc1cc([C@@H]2NC(=O)NC(C)=C2C(=O)OC)ccc1OC[C@H](O)N/N=C/c1cc(Br)c(OCc2ccc(Cl)c(Cl)c2)c(OCC)c1. The van der Waals surface area contributed by atoms with Crippen LogP contribution >= 0.6 is 39.1 Å². The molecule has 2 amide bonds. The maximum Gasteiger partial charge on any atom is 0.337 e. The number of nitrogens with zero attached hydrogens (tertiary/aromatic N) is 1. The van der Waals surface area contributed by atoms with Crippen LogP contribution in [0.3, 0.4) is 0 Å². The van der Waals surface area contributed by atoms with Gasteiger partial charge in [-0.3, -0.25) is 5.43 Å². The molecule has 15 heteroatoms. The number of hydrogen-bond acceptors (Lipinski definition) is 10. The monoisotopic (exact) mass is 764 g/mol. The number of allylic oxidation sites excluding steroid dienone is 1. The number of methoxy groups -OCH3 is 1. The first-order valence-corrected chi connectivity index (χ1v) is 16.3. The van der Waals surface area contributed by atoms with Crippen LogP contribution in [-0.2, 0) is 16.1 Å². The molecule has 3 aromatic rings. The molecule has 0 radical (unpaired) electrons. The zero-order valence-electron chi connectivity index (χ0n) is 26.6. The van der Waals surface area contributed by atoms with E-state index in [1.807, 2.05) is 13.0 Å². The fourth-order valence-corrected chi connectivity index (χ4v) is 5.57. The van der Waals surface area contributed by atoms with E-state index in [0.717, 1.165) is 5.56 Å². The molecule has 12 nitrogen and oxygen atoms in total. The van der Waals surface area contributed by atoms with Gasteiger partial charge in [-0.1, -0.05) is 35.3 Å². The maximum absolute atomic E-state index is 12.5. The second kappa shape index (κ2) is 17.3. The van der Waals surface area contributed by atoms with Crippen molar-refractivity contribution in [1.82, 2.24) is 16.1 Å². The summed E-state index contributed by atoms with van der Waals surface area (Å²) < 4.78 is 29.0. The lowest BCUT2D eigenvalue weighted by Crippen LogP contribution is -2.45. The molecule has 0 unspecified atom stereocenters. The number of nitrogens with one attached hydrogen (secondary N) is 3. The van der Waals surface area contributed by atoms with Gasteiger partial charge in [0.15, 0.2) is 29.2 Å². The van der Waals surface area contributed by atoms with E-state index in [-0.39, 0.29) is 18.8 Å². The van der Waals surface area contributed by atoms with Crippen molar-refractivity contribution in [1.29, 1.82) is 0 Å². The van der Waals surface area contributed by atoms with Gasteiger partial charge in [0.25, 0.3) is 0 Å². The number of rotatable bonds is 15. The molecule has 1 aliphatic heterocycles. The highest BCUT2D eigenvalue weighted by Crippen LogP contribution is 2.38. The average molecular weight is 766 g/mol. The van der Waals surface area contributed by atoms with Crippen molar-refractivity contribution in [3.05, 3.63) is 91.0 Å². The summed E-state index contributed by atoms with van der Waals surface area (Å²) in [6, 6.07) is 12.6. The number of hydrogen-bond donors (Lipinski definition) is 4. The van der Waals surface area contributed by atoms with E-state index in [0.29, 0.717) is 67.6 Å². The smallest absolute Gasteiger partial charge is 0.337 e. The van der Waals surface area contributed by atoms with Gasteiger partial charge in [-0.15, -0.1) is 0 Å². The summed E-state index contributed by atoms with van der Waals surface area (Å²) in [4.78, 5) is 24.7. The van der Waals surface area contributed by atoms with Crippen LogP contribution in [0.2, 0.25) is 10.0 Å². The van der Waals surface area contributed by atoms with Gasteiger partial charge in [0, 0.05) is 5.70 Å². The lowest BCUT2D eigenvalue weighted by molar-refractivity contribution is -0.136. The van der Waals surface area contributed by atoms with Gasteiger partial charge in [0.05, 0.1) is 52.7 Å². The van der Waals surface area contributed by atoms with Crippen LogP contribution in [-0.4, -0.2) is 56.5 Å². The summed E-state index contributed by atoms with van der Waals surface area (Å²) in [5, 5.41) is 20.9. The quantitative estimate of drug-likeness (QED) is 0.0610. The number of aliphatic hydroxyl groups is 1. The number of ether oxygens (including phenoxy) is 5. The second-order valence-corrected chi connectivity index (χ2v) is 11.9. The lowest BCUT2D eigenvalue weighted by Gasteiger charge is -2.28. The summed E-state index contributed by atoms with van der Waals surface area (Å²) in [7, 11) is 1.27. The number of amides is 2. The Morgan fingerprint density at radius 1 is 1.02 bits per heavy atom. The minimum absolute atomic E-state index is 0.178. The van der Waals surface area contributed by atoms with E-state index in [1.165, 1.54) is 13.3 Å². The predicted octanol–water partition coefficient (Wildman–Crippen LogP) is 6.25. The maximum atomic E-state index is 12.5. The van der Waals surface area contributed by atoms with E-state index in [9.17, 15) is 14.7 Å². The molecule has 0 saturated heterocycles. The molecule has 48 heavy (non-hydrogen) atoms. The van der Waals surface area contributed by atoms with Crippen molar-refractivity contribution in [3.8, 4) is 23.0 Å². The molecule has 0 fully saturated rings. The van der Waals surface area contributed by atoms with Crippen molar-refractivity contribution < 1.29 is 38.4 Å². The molecular weight excluding hydrogens is 731 g/mol. The molecular formula is C33H35BrCl2N4O8. The Hall–Kier alpha value is -4.17. The number of benzene rings is 3. The number of halogens is 3. The molecule has 256 valence electrons. The van der Waals surface area contributed by atoms with E-state index in [2.05, 4.69) is 37.1 Å². The number of carbonyl (C=O) groups is 2. The van der Waals surface area contributed by atoms with Crippen molar-refractivity contribution in [2.24, 2.45) is 5.10 Å². The summed E-state index contributed by atoms with van der Waals surface area (Å²) in [6.45, 7) is 6.08. The van der Waals surface area contributed by atoms with E-state index in [1.54, 1.807) is 56.3 Å². The third-order valence-electron chi connectivity index (χ3n) is 6.81. The van der Waals surface area contributed by atoms with Crippen LogP contribution in [0.1, 0.15) is 43.5 Å². The Balaban J connectivity index is 1.40. The van der Waals surface area contributed by atoms with Crippen LogP contribution in [0.25, 0.3) is 0 Å². The molecule has 2 atom stereocenters. The fourth-order valence-electron chi connectivity index (χ4n) is 4.67. The summed E-state index contributed by atoms with van der Waals surface area (Å²) in [5.74, 6) is 1.12. The fraction of sp³-hybridized carbons (Fsp3) is 0.303. The van der Waals surface area contributed by atoms with Gasteiger partial charge in [0.2, 0.25) is 0 Å². The topological polar surface area (TPSA) is 149 Å². The highest BCUT2D eigenvalue weighted by Gasteiger charge is 2.32. The number of carbonyl (C=O) groups excluding carboxylic acids is 2. The normalized spacial score (nSPS) is 15.0. The molecule has 0 saturated carbocycles. The summed E-state index contributed by atoms with van der Waals surface area (Å²) >= 11 is 15.7. The van der Waals surface area contributed by atoms with Gasteiger partial charge < -0.3 is 39.4 Å². The number of esters is 1. The minimum atomic E-state index is -1.18. The van der Waals surface area contributed by atoms with E-state index < -0.39 is 24.3 Å². The van der Waals surface area contributed by atoms with Crippen molar-refractivity contribution in [2.75, 3.05) is 26.9 Å². The van der Waals surface area contributed by atoms with Crippen molar-refractivity contribution in [2.45, 2.75) is 39.6 Å². The highest BCUT2D eigenvalue weighted by atomic mass is 79.9. The second-order valence-electron chi connectivity index (χ2n) is 10.2. The minimum Gasteiger partial charge on any atom is -0.490 e. The Morgan fingerprint density at radius 3 is 2.48 bits per heavy atom. The average Bonchev–Trinajstić information content (AvgIpc) is 3.05. The molecule has 0 spiro atoms. The molecule has 3 aromatic carbocycles. The van der Waals surface area contributed by atoms with Crippen LogP contribution in [0.5, 0.6) is 23.0 Å². The van der Waals surface area contributed by atoms with Gasteiger partial charge >= 0.3 is 12.0 Å².